The molecule has 2 heterocycles. The Morgan fingerprint density at radius 1 is 0.435 bits per heavy atom. The minimum Gasteiger partial charge on any atom is -0.311 e. The molecule has 0 spiro atoms. The van der Waals surface area contributed by atoms with Crippen LogP contribution in [0.1, 0.15) is 105 Å². The first-order valence-corrected chi connectivity index (χ1v) is 22.6. The van der Waals surface area contributed by atoms with E-state index in [1.54, 1.807) is 12.1 Å². The van der Waals surface area contributed by atoms with Gasteiger partial charge < -0.3 is 9.80 Å². The third kappa shape index (κ3) is 7.09. The van der Waals surface area contributed by atoms with Crippen LogP contribution in [0.25, 0.3) is 21.5 Å². The second-order valence-corrected chi connectivity index (χ2v) is 22.6. The zero-order chi connectivity index (χ0) is 44.5. The molecule has 0 bridgehead atoms. The minimum absolute atomic E-state index is 0.0342. The number of fused-ring (bicyclic) bond motifs is 8. The number of benzene rings is 7. The largest absolute Gasteiger partial charge is 0.446 e. The van der Waals surface area contributed by atoms with E-state index in [1.807, 2.05) is 0 Å². The highest BCUT2D eigenvalue weighted by Crippen LogP contribution is 2.51. The van der Waals surface area contributed by atoms with Gasteiger partial charge in [0.2, 0.25) is 0 Å². The van der Waals surface area contributed by atoms with Gasteiger partial charge in [0.1, 0.15) is 0 Å². The molecule has 7 aromatic carbocycles. The summed E-state index contributed by atoms with van der Waals surface area (Å²) in [5.41, 5.74) is 8.26. The van der Waals surface area contributed by atoms with Crippen molar-refractivity contribution in [2.45, 2.75) is 115 Å². The van der Waals surface area contributed by atoms with E-state index in [-0.39, 0.29) is 45.0 Å². The fraction of sp³-hybridized carbons (Fsp3) is 0.309. The number of halogens is 3. The number of rotatable bonds is 3. The summed E-state index contributed by atoms with van der Waals surface area (Å²) < 4.78 is 44.6. The van der Waals surface area contributed by atoms with Crippen molar-refractivity contribution < 1.29 is 13.2 Å². The van der Waals surface area contributed by atoms with Crippen molar-refractivity contribution in [3.63, 3.8) is 0 Å². The molecule has 9 rings (SSSR count). The topological polar surface area (TPSA) is 6.48 Å². The first kappa shape index (κ1) is 42.2. The van der Waals surface area contributed by atoms with Gasteiger partial charge in [-0.1, -0.05) is 168 Å². The Balaban J connectivity index is 1.49. The van der Waals surface area contributed by atoms with E-state index in [2.05, 4.69) is 202 Å². The lowest BCUT2D eigenvalue weighted by atomic mass is 9.33. The Kier molecular flexibility index (Phi) is 9.65. The predicted octanol–water partition coefficient (Wildman–Crippen LogP) is 14.9. The van der Waals surface area contributed by atoms with Gasteiger partial charge in [0, 0.05) is 49.8 Å². The number of nitrogens with zero attached hydrogens (tertiary/aromatic N) is 2. The van der Waals surface area contributed by atoms with Gasteiger partial charge in [-0.2, -0.15) is 13.2 Å². The Morgan fingerprint density at radius 3 is 1.21 bits per heavy atom. The van der Waals surface area contributed by atoms with Crippen molar-refractivity contribution in [2.75, 3.05) is 9.80 Å². The molecule has 0 aliphatic carbocycles. The predicted molar refractivity (Wildman–Crippen MR) is 262 cm³/mol. The van der Waals surface area contributed by atoms with E-state index in [0.29, 0.717) is 0 Å². The molecular formula is C55H56BF3N2S. The zero-order valence-electron chi connectivity index (χ0n) is 38.1. The number of alkyl halides is 3. The molecule has 7 heteroatoms. The SMILES string of the molecule is CC(C)(C)c1cccc(N2c3cc(SC(F)(F)F)cc4c3B(c3ccc5c(C(C)(C)C)cccc5c32)c2ccc3c(C(C)(C)C)cccc3c2N4c2cccc(C(C)(C)C)c2)c1. The first-order valence-electron chi connectivity index (χ1n) is 21.8. The Labute approximate surface area is 370 Å². The number of thioether (sulfide) groups is 1. The summed E-state index contributed by atoms with van der Waals surface area (Å²) >= 11 is -0.0342. The van der Waals surface area contributed by atoms with Crippen molar-refractivity contribution in [1.82, 2.24) is 0 Å². The molecule has 2 aliphatic heterocycles. The van der Waals surface area contributed by atoms with E-state index in [4.69, 9.17) is 0 Å². The smallest absolute Gasteiger partial charge is 0.311 e. The molecule has 7 aromatic rings. The molecule has 2 nitrogen and oxygen atoms in total. The van der Waals surface area contributed by atoms with E-state index in [0.717, 1.165) is 83.2 Å². The van der Waals surface area contributed by atoms with Crippen LogP contribution in [0.4, 0.5) is 47.3 Å². The van der Waals surface area contributed by atoms with Crippen LogP contribution < -0.4 is 26.2 Å². The standard InChI is InChI=1S/C55H56BF3N2S/c1-51(2,3)33-17-13-19-35(29-33)60-46-31-37(62-55(57,58)59)32-47-48(46)56(44-27-25-38-40(49(44)60)21-15-23-42(38)53(7,8)9)45-28-26-39-41(22-16-24-43(39)54(10,11)12)50(45)61(47)36-20-14-18-34(30-36)52(4,5)6/h13-32H,1-12H3. The molecule has 0 radical (unpaired) electrons. The highest BCUT2D eigenvalue weighted by Gasteiger charge is 2.46. The maximum Gasteiger partial charge on any atom is 0.446 e. The van der Waals surface area contributed by atoms with E-state index >= 15 is 0 Å². The average molecular weight is 845 g/mol. The Hall–Kier alpha value is -5.14. The molecule has 0 unspecified atom stereocenters. The monoisotopic (exact) mass is 844 g/mol. The number of hydrogen-bond acceptors (Lipinski definition) is 3. The first-order chi connectivity index (χ1) is 28.9. The lowest BCUT2D eigenvalue weighted by Gasteiger charge is -2.45. The van der Waals surface area contributed by atoms with Crippen LogP contribution in [0.2, 0.25) is 0 Å². The molecule has 316 valence electrons. The molecule has 2 aliphatic rings. The zero-order valence-corrected chi connectivity index (χ0v) is 38.9. The van der Waals surface area contributed by atoms with E-state index in [9.17, 15) is 13.2 Å². The lowest BCUT2D eigenvalue weighted by Crippen LogP contribution is -2.61. The third-order valence-electron chi connectivity index (χ3n) is 12.9. The van der Waals surface area contributed by atoms with Gasteiger partial charge in [-0.05, 0) is 119 Å². The quantitative estimate of drug-likeness (QED) is 0.129. The summed E-state index contributed by atoms with van der Waals surface area (Å²) in [6.45, 7) is 26.4. The average Bonchev–Trinajstić information content (AvgIpc) is 3.18. The molecule has 0 saturated carbocycles. The second-order valence-electron chi connectivity index (χ2n) is 21.4. The van der Waals surface area contributed by atoms with Crippen LogP contribution in [0.15, 0.2) is 126 Å². The molecule has 0 saturated heterocycles. The van der Waals surface area contributed by atoms with Gasteiger partial charge in [0.05, 0.1) is 0 Å². The summed E-state index contributed by atoms with van der Waals surface area (Å²) in [5, 5.41) is 4.44. The number of anilines is 6. The van der Waals surface area contributed by atoms with E-state index in [1.165, 1.54) is 11.1 Å². The van der Waals surface area contributed by atoms with Gasteiger partial charge in [-0.15, -0.1) is 0 Å². The Bertz CT molecular complexity index is 2750. The van der Waals surface area contributed by atoms with Crippen molar-refractivity contribution in [3.05, 3.63) is 144 Å². The summed E-state index contributed by atoms with van der Waals surface area (Å²) in [4.78, 5) is 4.71. The van der Waals surface area contributed by atoms with Crippen LogP contribution in [-0.2, 0) is 21.7 Å². The van der Waals surface area contributed by atoms with Gasteiger partial charge in [0.15, 0.2) is 0 Å². The summed E-state index contributed by atoms with van der Waals surface area (Å²) in [6, 6.07) is 43.1. The van der Waals surface area contributed by atoms with Gasteiger partial charge in [-0.3, -0.25) is 0 Å². The summed E-state index contributed by atoms with van der Waals surface area (Å²) in [6.07, 6.45) is 0. The van der Waals surface area contributed by atoms with Crippen molar-refractivity contribution in [2.24, 2.45) is 0 Å². The fourth-order valence-electron chi connectivity index (χ4n) is 9.93. The highest BCUT2D eigenvalue weighted by atomic mass is 32.2. The van der Waals surface area contributed by atoms with Gasteiger partial charge in [0.25, 0.3) is 6.71 Å². The van der Waals surface area contributed by atoms with E-state index < -0.39 is 5.51 Å². The normalized spacial score (nSPS) is 14.3. The minimum atomic E-state index is -4.50. The molecule has 0 N–H and O–H groups in total. The number of hydrogen-bond donors (Lipinski definition) is 0. The van der Waals surface area contributed by atoms with Gasteiger partial charge in [-0.25, -0.2) is 0 Å². The molecule has 0 amide bonds. The van der Waals surface area contributed by atoms with Crippen molar-refractivity contribution in [1.29, 1.82) is 0 Å². The van der Waals surface area contributed by atoms with Gasteiger partial charge >= 0.3 is 5.51 Å². The van der Waals surface area contributed by atoms with Crippen LogP contribution in [-0.4, -0.2) is 12.2 Å². The van der Waals surface area contributed by atoms with Crippen LogP contribution in [0.5, 0.6) is 0 Å². The molecular weight excluding hydrogens is 788 g/mol. The molecule has 0 aromatic heterocycles. The van der Waals surface area contributed by atoms with Crippen LogP contribution in [0.3, 0.4) is 0 Å². The molecule has 62 heavy (non-hydrogen) atoms. The van der Waals surface area contributed by atoms with Crippen molar-refractivity contribution in [3.8, 4) is 0 Å². The lowest BCUT2D eigenvalue weighted by molar-refractivity contribution is -0.0328. The summed E-state index contributed by atoms with van der Waals surface area (Å²) in [5.74, 6) is 0. The maximum atomic E-state index is 14.9. The third-order valence-corrected chi connectivity index (χ3v) is 13.6. The highest BCUT2D eigenvalue weighted by molar-refractivity contribution is 8.00. The van der Waals surface area contributed by atoms with Crippen LogP contribution >= 0.6 is 11.8 Å². The maximum absolute atomic E-state index is 14.9. The molecule has 0 atom stereocenters. The van der Waals surface area contributed by atoms with Crippen LogP contribution in [0, 0.1) is 0 Å². The molecule has 0 fully saturated rings. The Morgan fingerprint density at radius 2 is 0.839 bits per heavy atom. The fourth-order valence-corrected chi connectivity index (χ4v) is 10.5. The summed E-state index contributed by atoms with van der Waals surface area (Å²) in [7, 11) is 0. The second kappa shape index (κ2) is 14.2. The van der Waals surface area contributed by atoms with Crippen molar-refractivity contribution >= 4 is 90.5 Å².